The number of carboxylic acids is 1. The molecule has 2 rings (SSSR count). The number of hydrogen-bond donors (Lipinski definition) is 3. The van der Waals surface area contributed by atoms with E-state index in [0.717, 1.165) is 0 Å². The normalized spacial score (nSPS) is 10.1. The molecule has 4 nitrogen and oxygen atoms in total. The monoisotopic (exact) mass is 246 g/mol. The fraction of sp³-hybridized carbons (Fsp3) is 0. The molecule has 2 aromatic carbocycles. The average molecular weight is 246 g/mol. The van der Waals surface area contributed by atoms with Gasteiger partial charge in [-0.05, 0) is 42.5 Å². The van der Waals surface area contributed by atoms with Crippen LogP contribution < -0.4 is 11.1 Å². The fourth-order valence-corrected chi connectivity index (χ4v) is 1.49. The molecule has 0 saturated carbocycles. The van der Waals surface area contributed by atoms with Gasteiger partial charge in [-0.15, -0.1) is 0 Å². The fourth-order valence-electron chi connectivity index (χ4n) is 1.49. The minimum Gasteiger partial charge on any atom is -0.478 e. The largest absolute Gasteiger partial charge is 0.478 e. The molecule has 0 unspecified atom stereocenters. The zero-order chi connectivity index (χ0) is 13.1. The average Bonchev–Trinajstić information content (AvgIpc) is 2.34. The molecule has 0 aromatic heterocycles. The van der Waals surface area contributed by atoms with Gasteiger partial charge in [-0.3, -0.25) is 0 Å². The zero-order valence-electron chi connectivity index (χ0n) is 9.35. The summed E-state index contributed by atoms with van der Waals surface area (Å²) < 4.78 is 12.7. The Morgan fingerprint density at radius 3 is 2.44 bits per heavy atom. The summed E-state index contributed by atoms with van der Waals surface area (Å²) in [5.74, 6) is -1.37. The van der Waals surface area contributed by atoms with Crippen molar-refractivity contribution in [2.24, 2.45) is 0 Å². The molecule has 92 valence electrons. The van der Waals surface area contributed by atoms with Gasteiger partial charge in [-0.1, -0.05) is 0 Å². The van der Waals surface area contributed by atoms with Crippen LogP contribution in [-0.2, 0) is 0 Å². The molecular formula is C13H11FN2O2. The summed E-state index contributed by atoms with van der Waals surface area (Å²) in [6.45, 7) is 0. The van der Waals surface area contributed by atoms with Crippen molar-refractivity contribution in [2.45, 2.75) is 0 Å². The summed E-state index contributed by atoms with van der Waals surface area (Å²) in [5, 5.41) is 11.8. The Morgan fingerprint density at radius 2 is 1.83 bits per heavy atom. The molecule has 0 aliphatic carbocycles. The van der Waals surface area contributed by atoms with Crippen LogP contribution in [0.5, 0.6) is 0 Å². The molecular weight excluding hydrogens is 235 g/mol. The first-order chi connectivity index (χ1) is 8.56. The van der Waals surface area contributed by atoms with E-state index in [4.69, 9.17) is 10.8 Å². The van der Waals surface area contributed by atoms with Crippen molar-refractivity contribution in [1.29, 1.82) is 0 Å². The standard InChI is InChI=1S/C13H11FN2O2/c14-9-2-4-10(5-3-9)16-12-7-8(13(17)18)1-6-11(12)15/h1-7,16H,15H2,(H,17,18). The molecule has 0 fully saturated rings. The molecule has 0 bridgehead atoms. The van der Waals surface area contributed by atoms with Gasteiger partial charge in [0.1, 0.15) is 5.82 Å². The molecule has 18 heavy (non-hydrogen) atoms. The highest BCUT2D eigenvalue weighted by Crippen LogP contribution is 2.24. The number of nitrogen functional groups attached to an aromatic ring is 1. The van der Waals surface area contributed by atoms with Crippen molar-refractivity contribution in [3.63, 3.8) is 0 Å². The number of nitrogens with two attached hydrogens (primary N) is 1. The van der Waals surface area contributed by atoms with E-state index in [1.54, 1.807) is 12.1 Å². The number of carbonyl (C=O) groups is 1. The summed E-state index contributed by atoms with van der Waals surface area (Å²) in [4.78, 5) is 10.8. The molecule has 0 atom stereocenters. The van der Waals surface area contributed by atoms with Gasteiger partial charge in [-0.25, -0.2) is 9.18 Å². The third-order valence-electron chi connectivity index (χ3n) is 2.42. The number of nitrogens with one attached hydrogen (secondary N) is 1. The Bertz CT molecular complexity index is 582. The van der Waals surface area contributed by atoms with Crippen LogP contribution in [-0.4, -0.2) is 11.1 Å². The second kappa shape index (κ2) is 4.75. The Balaban J connectivity index is 2.30. The van der Waals surface area contributed by atoms with Crippen molar-refractivity contribution in [2.75, 3.05) is 11.1 Å². The van der Waals surface area contributed by atoms with E-state index in [1.165, 1.54) is 30.3 Å². The first kappa shape index (κ1) is 11.9. The first-order valence-corrected chi connectivity index (χ1v) is 5.21. The number of halogens is 1. The minimum absolute atomic E-state index is 0.133. The number of aromatic carboxylic acids is 1. The van der Waals surface area contributed by atoms with Crippen molar-refractivity contribution in [3.8, 4) is 0 Å². The van der Waals surface area contributed by atoms with Crippen LogP contribution in [0, 0.1) is 5.82 Å². The molecule has 0 heterocycles. The molecule has 0 aliphatic rings. The van der Waals surface area contributed by atoms with Gasteiger partial charge in [0.25, 0.3) is 0 Å². The molecule has 0 amide bonds. The van der Waals surface area contributed by atoms with E-state index in [-0.39, 0.29) is 11.4 Å². The van der Waals surface area contributed by atoms with Crippen LogP contribution >= 0.6 is 0 Å². The number of hydrogen-bond acceptors (Lipinski definition) is 3. The summed E-state index contributed by atoms with van der Waals surface area (Å²) >= 11 is 0. The van der Waals surface area contributed by atoms with E-state index in [9.17, 15) is 9.18 Å². The van der Waals surface area contributed by atoms with Crippen LogP contribution in [0.1, 0.15) is 10.4 Å². The molecule has 2 aromatic rings. The van der Waals surface area contributed by atoms with Gasteiger partial charge in [-0.2, -0.15) is 0 Å². The van der Waals surface area contributed by atoms with Crippen LogP contribution in [0.2, 0.25) is 0 Å². The molecule has 5 heteroatoms. The number of carboxylic acid groups (broad SMARTS) is 1. The topological polar surface area (TPSA) is 75.4 Å². The second-order valence-electron chi connectivity index (χ2n) is 3.74. The van der Waals surface area contributed by atoms with Gasteiger partial charge in [0.2, 0.25) is 0 Å². The van der Waals surface area contributed by atoms with Crippen molar-refractivity contribution < 1.29 is 14.3 Å². The second-order valence-corrected chi connectivity index (χ2v) is 3.74. The SMILES string of the molecule is Nc1ccc(C(=O)O)cc1Nc1ccc(F)cc1. The van der Waals surface area contributed by atoms with Crippen molar-refractivity contribution in [1.82, 2.24) is 0 Å². The minimum atomic E-state index is -1.03. The van der Waals surface area contributed by atoms with Crippen LogP contribution in [0.25, 0.3) is 0 Å². The predicted octanol–water partition coefficient (Wildman–Crippen LogP) is 2.85. The van der Waals surface area contributed by atoms with Gasteiger partial charge < -0.3 is 16.2 Å². The van der Waals surface area contributed by atoms with E-state index in [2.05, 4.69) is 5.32 Å². The molecule has 4 N–H and O–H groups in total. The zero-order valence-corrected chi connectivity index (χ0v) is 9.35. The lowest BCUT2D eigenvalue weighted by Crippen LogP contribution is -2.01. The third kappa shape index (κ3) is 2.57. The van der Waals surface area contributed by atoms with Gasteiger partial charge in [0.15, 0.2) is 0 Å². The van der Waals surface area contributed by atoms with Crippen molar-refractivity contribution >= 4 is 23.0 Å². The maximum absolute atomic E-state index is 12.7. The Labute approximate surface area is 103 Å². The Morgan fingerprint density at radius 1 is 1.17 bits per heavy atom. The summed E-state index contributed by atoms with van der Waals surface area (Å²) in [5.41, 5.74) is 7.40. The van der Waals surface area contributed by atoms with E-state index < -0.39 is 5.97 Å². The number of rotatable bonds is 3. The predicted molar refractivity (Wildman–Crippen MR) is 67.5 cm³/mol. The molecule has 0 spiro atoms. The maximum Gasteiger partial charge on any atom is 0.335 e. The van der Waals surface area contributed by atoms with E-state index >= 15 is 0 Å². The van der Waals surface area contributed by atoms with E-state index in [1.807, 2.05) is 0 Å². The van der Waals surface area contributed by atoms with Gasteiger partial charge in [0, 0.05) is 5.69 Å². The number of anilines is 3. The molecule has 0 saturated heterocycles. The first-order valence-electron chi connectivity index (χ1n) is 5.21. The maximum atomic E-state index is 12.7. The lowest BCUT2D eigenvalue weighted by molar-refractivity contribution is 0.0697. The van der Waals surface area contributed by atoms with Crippen LogP contribution in [0.3, 0.4) is 0 Å². The summed E-state index contributed by atoms with van der Waals surface area (Å²) in [7, 11) is 0. The summed E-state index contributed by atoms with van der Waals surface area (Å²) in [6, 6.07) is 10.1. The lowest BCUT2D eigenvalue weighted by atomic mass is 10.1. The third-order valence-corrected chi connectivity index (χ3v) is 2.42. The molecule has 0 aliphatic heterocycles. The lowest BCUT2D eigenvalue weighted by Gasteiger charge is -2.10. The van der Waals surface area contributed by atoms with E-state index in [0.29, 0.717) is 17.1 Å². The van der Waals surface area contributed by atoms with Crippen molar-refractivity contribution in [3.05, 3.63) is 53.8 Å². The molecule has 0 radical (unpaired) electrons. The highest BCUT2D eigenvalue weighted by molar-refractivity contribution is 5.91. The van der Waals surface area contributed by atoms with Gasteiger partial charge >= 0.3 is 5.97 Å². The van der Waals surface area contributed by atoms with Crippen LogP contribution in [0.15, 0.2) is 42.5 Å². The van der Waals surface area contributed by atoms with Gasteiger partial charge in [0.05, 0.1) is 16.9 Å². The smallest absolute Gasteiger partial charge is 0.335 e. The Hall–Kier alpha value is -2.56. The highest BCUT2D eigenvalue weighted by atomic mass is 19.1. The Kier molecular flexibility index (Phi) is 3.14. The van der Waals surface area contributed by atoms with Crippen LogP contribution in [0.4, 0.5) is 21.5 Å². The highest BCUT2D eigenvalue weighted by Gasteiger charge is 2.06. The quantitative estimate of drug-likeness (QED) is 0.728. The number of benzene rings is 2. The summed E-state index contributed by atoms with van der Waals surface area (Å²) in [6.07, 6.45) is 0.